The molecule has 2 heterocycles. The third kappa shape index (κ3) is 4.09. The Bertz CT molecular complexity index is 905. The molecule has 7 heteroatoms. The van der Waals surface area contributed by atoms with Gasteiger partial charge in [0.2, 0.25) is 5.91 Å². The summed E-state index contributed by atoms with van der Waals surface area (Å²) in [7, 11) is 0. The van der Waals surface area contributed by atoms with E-state index in [0.717, 1.165) is 15.2 Å². The predicted molar refractivity (Wildman–Crippen MR) is 104 cm³/mol. The standard InChI is InChI=1S/C20H20FN3O2S/c21-15-5-1-3-7-17(15)23-9-11-24(12-10-23)20(25)14-26-13-19-22-16-6-2-4-8-18(16)27-19/h1-8H,9-14H2. The fraction of sp³-hybridized carbons (Fsp3) is 0.300. The third-order valence-corrected chi connectivity index (χ3v) is 5.62. The van der Waals surface area contributed by atoms with E-state index in [1.54, 1.807) is 28.4 Å². The van der Waals surface area contributed by atoms with E-state index in [1.807, 2.05) is 35.2 Å². The molecule has 1 aliphatic heterocycles. The van der Waals surface area contributed by atoms with E-state index in [4.69, 9.17) is 4.74 Å². The van der Waals surface area contributed by atoms with Gasteiger partial charge in [-0.25, -0.2) is 9.37 Å². The summed E-state index contributed by atoms with van der Waals surface area (Å²) in [6, 6.07) is 14.7. The number of benzene rings is 2. The van der Waals surface area contributed by atoms with Gasteiger partial charge in [-0.3, -0.25) is 4.79 Å². The number of amides is 1. The number of fused-ring (bicyclic) bond motifs is 1. The summed E-state index contributed by atoms with van der Waals surface area (Å²) in [5, 5.41) is 0.869. The first kappa shape index (κ1) is 17.9. The summed E-state index contributed by atoms with van der Waals surface area (Å²) in [5.74, 6) is -0.263. The Morgan fingerprint density at radius 3 is 2.59 bits per heavy atom. The van der Waals surface area contributed by atoms with Crippen LogP contribution in [0.4, 0.5) is 10.1 Å². The lowest BCUT2D eigenvalue weighted by Gasteiger charge is -2.36. The number of ether oxygens (including phenoxy) is 1. The van der Waals surface area contributed by atoms with Crippen LogP contribution in [0.2, 0.25) is 0 Å². The number of halogens is 1. The van der Waals surface area contributed by atoms with E-state index in [1.165, 1.54) is 6.07 Å². The molecule has 0 bridgehead atoms. The minimum absolute atomic E-state index is 0.0373. The quantitative estimate of drug-likeness (QED) is 0.676. The van der Waals surface area contributed by atoms with E-state index < -0.39 is 0 Å². The first-order valence-corrected chi connectivity index (χ1v) is 9.72. The molecule has 4 rings (SSSR count). The van der Waals surface area contributed by atoms with Crippen LogP contribution in [-0.2, 0) is 16.1 Å². The molecule has 1 aliphatic rings. The molecule has 3 aromatic rings. The van der Waals surface area contributed by atoms with Crippen molar-refractivity contribution in [3.05, 3.63) is 59.4 Å². The Balaban J connectivity index is 1.25. The molecule has 0 radical (unpaired) electrons. The largest absolute Gasteiger partial charge is 0.366 e. The lowest BCUT2D eigenvalue weighted by molar-refractivity contribution is -0.136. The average molecular weight is 385 g/mol. The lowest BCUT2D eigenvalue weighted by atomic mass is 10.2. The number of aromatic nitrogens is 1. The fourth-order valence-corrected chi connectivity index (χ4v) is 4.11. The molecular weight excluding hydrogens is 365 g/mol. The van der Waals surface area contributed by atoms with E-state index in [9.17, 15) is 9.18 Å². The Kier molecular flexibility index (Phi) is 5.31. The van der Waals surface area contributed by atoms with Crippen molar-refractivity contribution in [3.63, 3.8) is 0 Å². The maximum absolute atomic E-state index is 13.9. The molecule has 1 saturated heterocycles. The summed E-state index contributed by atoms with van der Waals surface area (Å²) in [6.07, 6.45) is 0. The van der Waals surface area contributed by atoms with Crippen LogP contribution in [0.1, 0.15) is 5.01 Å². The van der Waals surface area contributed by atoms with E-state index in [0.29, 0.717) is 38.5 Å². The summed E-state index contributed by atoms with van der Waals surface area (Å²) >= 11 is 1.58. The molecule has 0 aliphatic carbocycles. The average Bonchev–Trinajstić information content (AvgIpc) is 3.11. The van der Waals surface area contributed by atoms with Crippen LogP contribution in [0.25, 0.3) is 10.2 Å². The number of rotatable bonds is 5. The summed E-state index contributed by atoms with van der Waals surface area (Å²) in [6.45, 7) is 2.74. The number of carbonyl (C=O) groups excluding carboxylic acids is 1. The molecule has 5 nitrogen and oxygen atoms in total. The van der Waals surface area contributed by atoms with Gasteiger partial charge in [0.25, 0.3) is 0 Å². The minimum Gasteiger partial charge on any atom is -0.366 e. The second-order valence-corrected chi connectivity index (χ2v) is 7.50. The van der Waals surface area contributed by atoms with E-state index >= 15 is 0 Å². The Hall–Kier alpha value is -2.51. The van der Waals surface area contributed by atoms with Gasteiger partial charge in [-0.2, -0.15) is 0 Å². The third-order valence-electron chi connectivity index (χ3n) is 4.61. The van der Waals surface area contributed by atoms with Gasteiger partial charge in [0.1, 0.15) is 17.4 Å². The number of anilines is 1. The second-order valence-electron chi connectivity index (χ2n) is 6.39. The van der Waals surface area contributed by atoms with Crippen LogP contribution in [0.15, 0.2) is 48.5 Å². The van der Waals surface area contributed by atoms with Crippen molar-refractivity contribution < 1.29 is 13.9 Å². The Labute approximate surface area is 161 Å². The topological polar surface area (TPSA) is 45.7 Å². The maximum Gasteiger partial charge on any atom is 0.248 e. The molecule has 0 unspecified atom stereocenters. The van der Waals surface area contributed by atoms with Gasteiger partial charge < -0.3 is 14.5 Å². The zero-order chi connectivity index (χ0) is 18.6. The monoisotopic (exact) mass is 385 g/mol. The van der Waals surface area contributed by atoms with Crippen molar-refractivity contribution >= 4 is 33.1 Å². The SMILES string of the molecule is O=C(COCc1nc2ccccc2s1)N1CCN(c2ccccc2F)CC1. The number of para-hydroxylation sites is 2. The smallest absolute Gasteiger partial charge is 0.248 e. The minimum atomic E-state index is -0.226. The van der Waals surface area contributed by atoms with Crippen molar-refractivity contribution in [3.8, 4) is 0 Å². The number of hydrogen-bond donors (Lipinski definition) is 0. The predicted octanol–water partition coefficient (Wildman–Crippen LogP) is 3.30. The maximum atomic E-state index is 13.9. The van der Waals surface area contributed by atoms with E-state index in [-0.39, 0.29) is 18.3 Å². The summed E-state index contributed by atoms with van der Waals surface area (Å²) in [5.41, 5.74) is 1.55. The van der Waals surface area contributed by atoms with Gasteiger partial charge in [0.15, 0.2) is 0 Å². The van der Waals surface area contributed by atoms with Crippen LogP contribution < -0.4 is 4.90 Å². The highest BCUT2D eigenvalue weighted by Gasteiger charge is 2.22. The van der Waals surface area contributed by atoms with Gasteiger partial charge in [0.05, 0.1) is 22.5 Å². The van der Waals surface area contributed by atoms with Crippen LogP contribution in [0.3, 0.4) is 0 Å². The Morgan fingerprint density at radius 2 is 1.81 bits per heavy atom. The van der Waals surface area contributed by atoms with Crippen LogP contribution in [-0.4, -0.2) is 48.6 Å². The first-order chi connectivity index (χ1) is 13.2. The molecule has 2 aromatic carbocycles. The molecule has 1 amide bonds. The summed E-state index contributed by atoms with van der Waals surface area (Å²) in [4.78, 5) is 20.6. The number of piperazine rings is 1. The zero-order valence-electron chi connectivity index (χ0n) is 14.8. The van der Waals surface area contributed by atoms with Gasteiger partial charge in [-0.05, 0) is 24.3 Å². The number of hydrogen-bond acceptors (Lipinski definition) is 5. The molecule has 140 valence electrons. The number of carbonyl (C=O) groups is 1. The molecule has 1 fully saturated rings. The van der Waals surface area contributed by atoms with Crippen molar-refractivity contribution in [2.45, 2.75) is 6.61 Å². The van der Waals surface area contributed by atoms with Crippen molar-refractivity contribution in [1.82, 2.24) is 9.88 Å². The molecule has 0 atom stereocenters. The lowest BCUT2D eigenvalue weighted by Crippen LogP contribution is -2.50. The van der Waals surface area contributed by atoms with Crippen molar-refractivity contribution in [2.75, 3.05) is 37.7 Å². The molecular formula is C20H20FN3O2S. The van der Waals surface area contributed by atoms with Gasteiger partial charge in [-0.15, -0.1) is 11.3 Å². The van der Waals surface area contributed by atoms with Gasteiger partial charge in [-0.1, -0.05) is 24.3 Å². The van der Waals surface area contributed by atoms with Crippen molar-refractivity contribution in [2.24, 2.45) is 0 Å². The number of nitrogens with zero attached hydrogens (tertiary/aromatic N) is 3. The molecule has 27 heavy (non-hydrogen) atoms. The fourth-order valence-electron chi connectivity index (χ4n) is 3.20. The first-order valence-electron chi connectivity index (χ1n) is 8.90. The highest BCUT2D eigenvalue weighted by atomic mass is 32.1. The van der Waals surface area contributed by atoms with Crippen LogP contribution >= 0.6 is 11.3 Å². The zero-order valence-corrected chi connectivity index (χ0v) is 15.6. The Morgan fingerprint density at radius 1 is 1.07 bits per heavy atom. The van der Waals surface area contributed by atoms with E-state index in [2.05, 4.69) is 4.98 Å². The number of thiazole rings is 1. The molecule has 1 aromatic heterocycles. The summed E-state index contributed by atoms with van der Waals surface area (Å²) < 4.78 is 20.6. The van der Waals surface area contributed by atoms with Crippen molar-refractivity contribution in [1.29, 1.82) is 0 Å². The highest BCUT2D eigenvalue weighted by molar-refractivity contribution is 7.18. The molecule has 0 saturated carbocycles. The van der Waals surface area contributed by atoms with Crippen LogP contribution in [0, 0.1) is 5.82 Å². The second kappa shape index (κ2) is 8.02. The highest BCUT2D eigenvalue weighted by Crippen LogP contribution is 2.22. The van der Waals surface area contributed by atoms with Gasteiger partial charge >= 0.3 is 0 Å². The molecule has 0 spiro atoms. The van der Waals surface area contributed by atoms with Gasteiger partial charge in [0, 0.05) is 26.2 Å². The molecule has 0 N–H and O–H groups in total. The van der Waals surface area contributed by atoms with Crippen LogP contribution in [0.5, 0.6) is 0 Å². The normalized spacial score (nSPS) is 14.7.